The predicted octanol–water partition coefficient (Wildman–Crippen LogP) is 2.59. The number of nitrogens with one attached hydrogen (secondary N) is 2. The van der Waals surface area contributed by atoms with Crippen LogP contribution in [0.4, 0.5) is 4.79 Å². The van der Waals surface area contributed by atoms with Crippen LogP contribution in [0.25, 0.3) is 0 Å². The predicted molar refractivity (Wildman–Crippen MR) is 113 cm³/mol. The first-order valence-corrected chi connectivity index (χ1v) is 10.4. The van der Waals surface area contributed by atoms with Gasteiger partial charge in [-0.1, -0.05) is 35.5 Å². The Morgan fingerprint density at radius 1 is 1.23 bits per heavy atom. The molecular weight excluding hydrogens is 406 g/mol. The third-order valence-corrected chi connectivity index (χ3v) is 5.51. The number of carbonyl (C=O) groups excluding carboxylic acids is 2. The molecule has 0 saturated carbocycles. The molecule has 0 radical (unpaired) electrons. The zero-order chi connectivity index (χ0) is 21.9. The van der Waals surface area contributed by atoms with Gasteiger partial charge in [0.1, 0.15) is 23.5 Å². The molecule has 1 unspecified atom stereocenters. The van der Waals surface area contributed by atoms with Crippen molar-refractivity contribution in [1.82, 2.24) is 10.6 Å². The standard InChI is InChI=1S/C21H25N3O5S/c1-21(2,3)29-20(27)22-14(11-12-7-5-4-6-8-12)19(26)23-15-13-9-10-30-18(13)16(24-28)17(15)25/h4-10,14-15,17,25,28H,11H2,1-3H3,(H,22,27)(H,23,26)/t14?,15-,17-/m0/s1. The molecule has 1 aromatic carbocycles. The van der Waals surface area contributed by atoms with Gasteiger partial charge in [0.25, 0.3) is 0 Å². The quantitative estimate of drug-likeness (QED) is 0.428. The van der Waals surface area contributed by atoms with Gasteiger partial charge in [-0.2, -0.15) is 0 Å². The Bertz CT molecular complexity index is 936. The van der Waals surface area contributed by atoms with Gasteiger partial charge in [0.2, 0.25) is 5.91 Å². The monoisotopic (exact) mass is 431 g/mol. The third-order valence-electron chi connectivity index (χ3n) is 4.55. The highest BCUT2D eigenvalue weighted by Crippen LogP contribution is 2.35. The lowest BCUT2D eigenvalue weighted by Gasteiger charge is -2.25. The van der Waals surface area contributed by atoms with Crippen molar-refractivity contribution < 1.29 is 24.6 Å². The van der Waals surface area contributed by atoms with E-state index in [4.69, 9.17) is 4.74 Å². The van der Waals surface area contributed by atoms with Gasteiger partial charge in [-0.25, -0.2) is 4.79 Å². The van der Waals surface area contributed by atoms with Crippen molar-refractivity contribution >= 4 is 29.0 Å². The van der Waals surface area contributed by atoms with Crippen LogP contribution in [-0.2, 0) is 16.0 Å². The Morgan fingerprint density at radius 2 is 1.93 bits per heavy atom. The molecule has 30 heavy (non-hydrogen) atoms. The van der Waals surface area contributed by atoms with E-state index in [-0.39, 0.29) is 12.1 Å². The van der Waals surface area contributed by atoms with E-state index in [9.17, 15) is 19.9 Å². The number of benzene rings is 1. The molecule has 0 saturated heterocycles. The Morgan fingerprint density at radius 3 is 2.57 bits per heavy atom. The van der Waals surface area contributed by atoms with Crippen LogP contribution in [0.15, 0.2) is 46.9 Å². The minimum Gasteiger partial charge on any atom is -0.444 e. The van der Waals surface area contributed by atoms with Crippen LogP contribution in [0.2, 0.25) is 0 Å². The number of thiophene rings is 1. The molecule has 0 spiro atoms. The highest BCUT2D eigenvalue weighted by Gasteiger charge is 2.40. The number of amides is 2. The Hall–Kier alpha value is -2.91. The van der Waals surface area contributed by atoms with Crippen LogP contribution in [0, 0.1) is 0 Å². The maximum absolute atomic E-state index is 13.1. The van der Waals surface area contributed by atoms with E-state index >= 15 is 0 Å². The molecule has 1 aliphatic carbocycles. The van der Waals surface area contributed by atoms with Crippen LogP contribution in [0.3, 0.4) is 0 Å². The van der Waals surface area contributed by atoms with Gasteiger partial charge >= 0.3 is 6.09 Å². The lowest BCUT2D eigenvalue weighted by molar-refractivity contribution is -0.124. The number of oxime groups is 1. The van der Waals surface area contributed by atoms with E-state index in [2.05, 4.69) is 15.8 Å². The SMILES string of the molecule is CC(C)(C)OC(=O)NC(Cc1ccccc1)C(=O)N[C@H]1c2ccsc2C(=NO)[C@H]1O. The molecule has 4 N–H and O–H groups in total. The summed E-state index contributed by atoms with van der Waals surface area (Å²) < 4.78 is 5.30. The van der Waals surface area contributed by atoms with Crippen molar-refractivity contribution in [3.8, 4) is 0 Å². The van der Waals surface area contributed by atoms with E-state index in [1.165, 1.54) is 11.3 Å². The van der Waals surface area contributed by atoms with Gasteiger partial charge in [-0.15, -0.1) is 11.3 Å². The van der Waals surface area contributed by atoms with Crippen molar-refractivity contribution in [2.45, 2.75) is 51.0 Å². The number of aliphatic hydroxyl groups is 1. The van der Waals surface area contributed by atoms with E-state index < -0.39 is 35.8 Å². The van der Waals surface area contributed by atoms with Gasteiger partial charge in [-0.3, -0.25) is 4.79 Å². The second kappa shape index (κ2) is 8.85. The molecule has 2 amide bonds. The van der Waals surface area contributed by atoms with Gasteiger partial charge in [0.05, 0.1) is 10.9 Å². The summed E-state index contributed by atoms with van der Waals surface area (Å²) >= 11 is 1.32. The smallest absolute Gasteiger partial charge is 0.408 e. The fraction of sp³-hybridized carbons (Fsp3) is 0.381. The first-order valence-electron chi connectivity index (χ1n) is 9.51. The number of fused-ring (bicyclic) bond motifs is 1. The summed E-state index contributed by atoms with van der Waals surface area (Å²) in [5.41, 5.74) is 0.932. The van der Waals surface area contributed by atoms with E-state index in [1.807, 2.05) is 30.3 Å². The molecule has 0 fully saturated rings. The van der Waals surface area contributed by atoms with Gasteiger partial charge in [0, 0.05) is 6.42 Å². The number of rotatable bonds is 5. The average Bonchev–Trinajstić information content (AvgIpc) is 3.22. The maximum Gasteiger partial charge on any atom is 0.408 e. The van der Waals surface area contributed by atoms with E-state index in [0.717, 1.165) is 5.56 Å². The van der Waals surface area contributed by atoms with Crippen molar-refractivity contribution in [2.24, 2.45) is 5.16 Å². The summed E-state index contributed by atoms with van der Waals surface area (Å²) in [5, 5.41) is 30.1. The van der Waals surface area contributed by atoms with Crippen LogP contribution < -0.4 is 10.6 Å². The van der Waals surface area contributed by atoms with E-state index in [0.29, 0.717) is 10.4 Å². The molecule has 8 nitrogen and oxygen atoms in total. The van der Waals surface area contributed by atoms with Crippen molar-refractivity contribution in [1.29, 1.82) is 0 Å². The van der Waals surface area contributed by atoms with Gasteiger partial charge < -0.3 is 25.7 Å². The summed E-state index contributed by atoms with van der Waals surface area (Å²) in [6, 6.07) is 9.34. The topological polar surface area (TPSA) is 120 Å². The largest absolute Gasteiger partial charge is 0.444 e. The number of hydrogen-bond acceptors (Lipinski definition) is 7. The fourth-order valence-electron chi connectivity index (χ4n) is 3.26. The van der Waals surface area contributed by atoms with Gasteiger partial charge in [-0.05, 0) is 43.3 Å². The lowest BCUT2D eigenvalue weighted by Crippen LogP contribution is -2.51. The second-order valence-electron chi connectivity index (χ2n) is 8.01. The van der Waals surface area contributed by atoms with Crippen LogP contribution in [-0.4, -0.2) is 45.8 Å². The van der Waals surface area contributed by atoms with Crippen LogP contribution in [0.1, 0.15) is 42.8 Å². The number of aliphatic hydroxyl groups excluding tert-OH is 1. The molecular formula is C21H25N3O5S. The minimum atomic E-state index is -1.18. The number of alkyl carbamates (subject to hydrolysis) is 1. The van der Waals surface area contributed by atoms with Crippen molar-refractivity contribution in [3.63, 3.8) is 0 Å². The average molecular weight is 432 g/mol. The highest BCUT2D eigenvalue weighted by atomic mass is 32.1. The fourth-order valence-corrected chi connectivity index (χ4v) is 4.22. The maximum atomic E-state index is 13.1. The second-order valence-corrected chi connectivity index (χ2v) is 8.93. The zero-order valence-electron chi connectivity index (χ0n) is 17.0. The normalized spacial score (nSPS) is 20.5. The number of carbonyl (C=O) groups is 2. The van der Waals surface area contributed by atoms with Crippen LogP contribution >= 0.6 is 11.3 Å². The zero-order valence-corrected chi connectivity index (χ0v) is 17.8. The summed E-state index contributed by atoms with van der Waals surface area (Å²) in [4.78, 5) is 26.0. The molecule has 1 aromatic heterocycles. The molecule has 0 aliphatic heterocycles. The lowest BCUT2D eigenvalue weighted by atomic mass is 10.0. The summed E-state index contributed by atoms with van der Waals surface area (Å²) in [6.45, 7) is 5.21. The molecule has 3 rings (SSSR count). The first-order chi connectivity index (χ1) is 14.2. The molecule has 2 aromatic rings. The summed E-state index contributed by atoms with van der Waals surface area (Å²) in [6.07, 6.45) is -1.65. The Kier molecular flexibility index (Phi) is 6.42. The first kappa shape index (κ1) is 21.8. The molecule has 3 atom stereocenters. The highest BCUT2D eigenvalue weighted by molar-refractivity contribution is 7.12. The number of nitrogens with zero attached hydrogens (tertiary/aromatic N) is 1. The minimum absolute atomic E-state index is 0.116. The van der Waals surface area contributed by atoms with Crippen LogP contribution in [0.5, 0.6) is 0 Å². The third kappa shape index (κ3) is 4.98. The van der Waals surface area contributed by atoms with Crippen molar-refractivity contribution in [2.75, 3.05) is 0 Å². The number of ether oxygens (including phenoxy) is 1. The molecule has 9 heteroatoms. The molecule has 160 valence electrons. The molecule has 1 heterocycles. The summed E-state index contributed by atoms with van der Waals surface area (Å²) in [7, 11) is 0. The molecule has 1 aliphatic rings. The van der Waals surface area contributed by atoms with Gasteiger partial charge in [0.15, 0.2) is 0 Å². The number of hydrogen-bond donors (Lipinski definition) is 4. The summed E-state index contributed by atoms with van der Waals surface area (Å²) in [5.74, 6) is -0.481. The Balaban J connectivity index is 1.79. The molecule has 0 bridgehead atoms. The van der Waals surface area contributed by atoms with Crippen molar-refractivity contribution in [3.05, 3.63) is 57.8 Å². The van der Waals surface area contributed by atoms with E-state index in [1.54, 1.807) is 32.2 Å². The Labute approximate surface area is 178 Å².